The molecule has 0 aliphatic carbocycles. The molecule has 5 rings (SSSR count). The highest BCUT2D eigenvalue weighted by Gasteiger charge is 2.34. The molecule has 2 heterocycles. The molecule has 7 heteroatoms. The quantitative estimate of drug-likeness (QED) is 0.458. The summed E-state index contributed by atoms with van der Waals surface area (Å²) in [5, 5.41) is 6.37. The molecule has 166 valence electrons. The Balaban J connectivity index is 1.63. The molecule has 4 aromatic rings. The van der Waals surface area contributed by atoms with Gasteiger partial charge in [-0.2, -0.15) is 0 Å². The van der Waals surface area contributed by atoms with E-state index >= 15 is 0 Å². The molecule has 0 saturated heterocycles. The Bertz CT molecular complexity index is 1370. The number of aromatic nitrogens is 2. The van der Waals surface area contributed by atoms with E-state index in [0.717, 1.165) is 33.8 Å². The Kier molecular flexibility index (Phi) is 5.22. The molecule has 2 N–H and O–H groups in total. The van der Waals surface area contributed by atoms with Crippen molar-refractivity contribution in [3.8, 4) is 11.5 Å². The molecule has 0 unspecified atom stereocenters. The number of para-hydroxylation sites is 2. The molecule has 0 spiro atoms. The highest BCUT2D eigenvalue weighted by atomic mass is 16.5. The zero-order chi connectivity index (χ0) is 22.9. The van der Waals surface area contributed by atoms with Crippen LogP contribution in [0.2, 0.25) is 0 Å². The van der Waals surface area contributed by atoms with Gasteiger partial charge in [-0.3, -0.25) is 9.36 Å². The maximum Gasteiger partial charge on any atom is 0.255 e. The van der Waals surface area contributed by atoms with E-state index in [9.17, 15) is 4.79 Å². The second-order valence-electron chi connectivity index (χ2n) is 7.82. The van der Waals surface area contributed by atoms with Gasteiger partial charge in [-0.25, -0.2) is 4.98 Å². The van der Waals surface area contributed by atoms with Crippen molar-refractivity contribution in [2.75, 3.05) is 24.9 Å². The van der Waals surface area contributed by atoms with Crippen molar-refractivity contribution in [2.24, 2.45) is 0 Å². The standard InChI is InChI=1S/C26H24N4O3/c1-16-23(25(31)28-18-11-13-19(32-2)14-12-18)24(17-7-6-8-20(15-17)33-3)30-22-10-5-4-9-21(22)29-26(30)27-16/h4-15,24H,1-3H3,(H,27,29)(H,28,31)/t24-/m0/s1. The van der Waals surface area contributed by atoms with E-state index in [-0.39, 0.29) is 11.9 Å². The van der Waals surface area contributed by atoms with Crippen LogP contribution < -0.4 is 20.1 Å². The maximum absolute atomic E-state index is 13.6. The summed E-state index contributed by atoms with van der Waals surface area (Å²) in [4.78, 5) is 18.4. The van der Waals surface area contributed by atoms with Crippen LogP contribution in [0.3, 0.4) is 0 Å². The summed E-state index contributed by atoms with van der Waals surface area (Å²) >= 11 is 0. The number of nitrogens with zero attached hydrogens (tertiary/aromatic N) is 2. The predicted octanol–water partition coefficient (Wildman–Crippen LogP) is 4.98. The molecule has 1 atom stereocenters. The molecular formula is C26H24N4O3. The average Bonchev–Trinajstić information content (AvgIpc) is 3.21. The van der Waals surface area contributed by atoms with Crippen LogP contribution in [0.4, 0.5) is 11.6 Å². The van der Waals surface area contributed by atoms with Gasteiger partial charge in [0.2, 0.25) is 5.95 Å². The van der Waals surface area contributed by atoms with Gasteiger partial charge < -0.3 is 20.1 Å². The smallest absolute Gasteiger partial charge is 0.255 e. The topological polar surface area (TPSA) is 77.4 Å². The van der Waals surface area contributed by atoms with Gasteiger partial charge in [-0.1, -0.05) is 24.3 Å². The largest absolute Gasteiger partial charge is 0.497 e. The molecule has 1 aliphatic rings. The molecule has 7 nitrogen and oxygen atoms in total. The highest BCUT2D eigenvalue weighted by Crippen LogP contribution is 2.40. The summed E-state index contributed by atoms with van der Waals surface area (Å²) in [5.74, 6) is 1.96. The number of methoxy groups -OCH3 is 2. The summed E-state index contributed by atoms with van der Waals surface area (Å²) < 4.78 is 12.8. The minimum Gasteiger partial charge on any atom is -0.497 e. The van der Waals surface area contributed by atoms with Gasteiger partial charge in [0.05, 0.1) is 36.9 Å². The van der Waals surface area contributed by atoms with Crippen LogP contribution in [-0.4, -0.2) is 29.7 Å². The van der Waals surface area contributed by atoms with Gasteiger partial charge >= 0.3 is 0 Å². The van der Waals surface area contributed by atoms with Crippen LogP contribution in [0.15, 0.2) is 84.1 Å². The Morgan fingerprint density at radius 3 is 2.48 bits per heavy atom. The van der Waals surface area contributed by atoms with Crippen LogP contribution in [0.1, 0.15) is 18.5 Å². The second-order valence-corrected chi connectivity index (χ2v) is 7.82. The summed E-state index contributed by atoms with van der Waals surface area (Å²) in [5.41, 5.74) is 4.77. The Hall–Kier alpha value is -4.26. The van der Waals surface area contributed by atoms with Crippen molar-refractivity contribution >= 4 is 28.6 Å². The maximum atomic E-state index is 13.6. The van der Waals surface area contributed by atoms with Crippen LogP contribution >= 0.6 is 0 Å². The Morgan fingerprint density at radius 1 is 0.970 bits per heavy atom. The normalized spacial score (nSPS) is 15.1. The number of carbonyl (C=O) groups excluding carboxylic acids is 1. The number of hydrogen-bond acceptors (Lipinski definition) is 5. The molecular weight excluding hydrogens is 416 g/mol. The lowest BCUT2D eigenvalue weighted by Crippen LogP contribution is -2.30. The van der Waals surface area contributed by atoms with Gasteiger partial charge in [0.25, 0.3) is 5.91 Å². The predicted molar refractivity (Wildman–Crippen MR) is 129 cm³/mol. The second kappa shape index (κ2) is 8.35. The third-order valence-corrected chi connectivity index (χ3v) is 5.83. The van der Waals surface area contributed by atoms with E-state index in [0.29, 0.717) is 17.2 Å². The van der Waals surface area contributed by atoms with Crippen LogP contribution in [-0.2, 0) is 4.79 Å². The number of amides is 1. The molecule has 0 radical (unpaired) electrons. The first-order chi connectivity index (χ1) is 16.1. The fourth-order valence-electron chi connectivity index (χ4n) is 4.26. The highest BCUT2D eigenvalue weighted by molar-refractivity contribution is 6.06. The number of hydrogen-bond donors (Lipinski definition) is 2. The van der Waals surface area contributed by atoms with E-state index in [2.05, 4.69) is 15.2 Å². The first-order valence-corrected chi connectivity index (χ1v) is 10.6. The third-order valence-electron chi connectivity index (χ3n) is 5.83. The van der Waals surface area contributed by atoms with E-state index in [1.807, 2.05) is 79.7 Å². The minimum absolute atomic E-state index is 0.193. The monoisotopic (exact) mass is 440 g/mol. The van der Waals surface area contributed by atoms with E-state index < -0.39 is 0 Å². The number of carbonyl (C=O) groups is 1. The van der Waals surface area contributed by atoms with Gasteiger partial charge in [0.15, 0.2) is 0 Å². The fourth-order valence-corrected chi connectivity index (χ4v) is 4.26. The van der Waals surface area contributed by atoms with Gasteiger partial charge in [-0.05, 0) is 61.0 Å². The lowest BCUT2D eigenvalue weighted by atomic mass is 9.94. The summed E-state index contributed by atoms with van der Waals surface area (Å²) in [6.07, 6.45) is 0. The number of rotatable bonds is 5. The number of benzene rings is 3. The lowest BCUT2D eigenvalue weighted by molar-refractivity contribution is -0.113. The summed E-state index contributed by atoms with van der Waals surface area (Å²) in [6.45, 7) is 1.90. The molecule has 0 saturated carbocycles. The fraction of sp³-hybridized carbons (Fsp3) is 0.154. The number of imidazole rings is 1. The van der Waals surface area contributed by atoms with Crippen LogP contribution in [0.5, 0.6) is 11.5 Å². The lowest BCUT2D eigenvalue weighted by Gasteiger charge is -2.31. The average molecular weight is 441 g/mol. The molecule has 0 bridgehead atoms. The van der Waals surface area contributed by atoms with Crippen molar-refractivity contribution in [1.29, 1.82) is 0 Å². The van der Waals surface area contributed by atoms with E-state index in [4.69, 9.17) is 14.5 Å². The zero-order valence-corrected chi connectivity index (χ0v) is 18.6. The molecule has 3 aromatic carbocycles. The zero-order valence-electron chi connectivity index (χ0n) is 18.6. The SMILES string of the molecule is COc1ccc(NC(=O)C2=C(C)Nc3nc4ccccc4n3[C@H]2c2cccc(OC)c2)cc1. The van der Waals surface area contributed by atoms with Crippen LogP contribution in [0.25, 0.3) is 11.0 Å². The summed E-state index contributed by atoms with van der Waals surface area (Å²) in [7, 11) is 3.25. The number of allylic oxidation sites excluding steroid dienone is 1. The van der Waals surface area contributed by atoms with E-state index in [1.54, 1.807) is 14.2 Å². The van der Waals surface area contributed by atoms with E-state index in [1.165, 1.54) is 0 Å². The molecule has 0 fully saturated rings. The number of anilines is 2. The summed E-state index contributed by atoms with van der Waals surface area (Å²) in [6, 6.07) is 22.6. The van der Waals surface area contributed by atoms with Crippen LogP contribution in [0, 0.1) is 0 Å². The van der Waals surface area contributed by atoms with Crippen molar-refractivity contribution in [1.82, 2.24) is 9.55 Å². The number of ether oxygens (including phenoxy) is 2. The van der Waals surface area contributed by atoms with Crippen molar-refractivity contribution in [2.45, 2.75) is 13.0 Å². The number of nitrogens with one attached hydrogen (secondary N) is 2. The molecule has 1 aliphatic heterocycles. The Morgan fingerprint density at radius 2 is 1.73 bits per heavy atom. The number of fused-ring (bicyclic) bond motifs is 3. The molecule has 1 aromatic heterocycles. The van der Waals surface area contributed by atoms with Crippen molar-refractivity contribution in [3.05, 3.63) is 89.6 Å². The molecule has 33 heavy (non-hydrogen) atoms. The first-order valence-electron chi connectivity index (χ1n) is 10.6. The van der Waals surface area contributed by atoms with Crippen molar-refractivity contribution in [3.63, 3.8) is 0 Å². The van der Waals surface area contributed by atoms with Gasteiger partial charge in [0, 0.05) is 11.4 Å². The minimum atomic E-state index is -0.387. The van der Waals surface area contributed by atoms with Gasteiger partial charge in [-0.15, -0.1) is 0 Å². The third kappa shape index (κ3) is 3.67. The first kappa shape index (κ1) is 20.6. The van der Waals surface area contributed by atoms with Gasteiger partial charge in [0.1, 0.15) is 11.5 Å². The Labute approximate surface area is 191 Å². The molecule has 1 amide bonds. The van der Waals surface area contributed by atoms with Crippen molar-refractivity contribution < 1.29 is 14.3 Å².